The summed E-state index contributed by atoms with van der Waals surface area (Å²) in [7, 11) is 3.27. The molecule has 3 rings (SSSR count). The van der Waals surface area contributed by atoms with E-state index in [1.807, 2.05) is 45.0 Å². The minimum absolute atomic E-state index is 0.111. The summed E-state index contributed by atoms with van der Waals surface area (Å²) < 4.78 is 5.18. The van der Waals surface area contributed by atoms with E-state index in [9.17, 15) is 14.4 Å². The normalized spacial score (nSPS) is 15.8. The van der Waals surface area contributed by atoms with Crippen LogP contribution < -0.4 is 20.3 Å². The summed E-state index contributed by atoms with van der Waals surface area (Å²) in [6.45, 7) is 5.70. The van der Waals surface area contributed by atoms with Crippen molar-refractivity contribution in [2.45, 2.75) is 37.2 Å². The van der Waals surface area contributed by atoms with Gasteiger partial charge in [0.1, 0.15) is 18.3 Å². The van der Waals surface area contributed by atoms with Crippen LogP contribution in [-0.4, -0.2) is 60.8 Å². The van der Waals surface area contributed by atoms with E-state index < -0.39 is 12.1 Å². The maximum Gasteiger partial charge on any atom is 0.319 e. The van der Waals surface area contributed by atoms with Crippen molar-refractivity contribution in [2.75, 3.05) is 36.7 Å². The lowest BCUT2D eigenvalue weighted by atomic mass is 10.1. The Morgan fingerprint density at radius 3 is 2.61 bits per heavy atom. The second-order valence-electron chi connectivity index (χ2n) is 8.71. The molecule has 4 amide bonds. The van der Waals surface area contributed by atoms with Crippen LogP contribution in [0.2, 0.25) is 0 Å². The van der Waals surface area contributed by atoms with Crippen molar-refractivity contribution in [1.82, 2.24) is 10.2 Å². The number of nitrogens with one attached hydrogen (secondary N) is 2. The number of thioether (sulfide) groups is 1. The van der Waals surface area contributed by atoms with Crippen LogP contribution in [0.5, 0.6) is 5.75 Å². The Morgan fingerprint density at radius 2 is 1.91 bits per heavy atom. The lowest BCUT2D eigenvalue weighted by Gasteiger charge is -2.34. The molecular formula is C24H30N4O4S. The number of para-hydroxylation sites is 1. The van der Waals surface area contributed by atoms with Crippen LogP contribution in [0.4, 0.5) is 16.2 Å². The van der Waals surface area contributed by atoms with E-state index in [-0.39, 0.29) is 23.9 Å². The molecular weight excluding hydrogens is 440 g/mol. The van der Waals surface area contributed by atoms with Gasteiger partial charge in [0.2, 0.25) is 5.91 Å². The molecule has 0 unspecified atom stereocenters. The molecule has 8 nitrogen and oxygen atoms in total. The zero-order chi connectivity index (χ0) is 24.2. The van der Waals surface area contributed by atoms with Crippen molar-refractivity contribution >= 4 is 41.0 Å². The number of urea groups is 1. The first kappa shape index (κ1) is 24.4. The van der Waals surface area contributed by atoms with E-state index in [2.05, 4.69) is 10.6 Å². The summed E-state index contributed by atoms with van der Waals surface area (Å²) in [5.41, 5.74) is 0.831. The largest absolute Gasteiger partial charge is 0.497 e. The highest BCUT2D eigenvalue weighted by molar-refractivity contribution is 7.99. The highest BCUT2D eigenvalue weighted by atomic mass is 32.2. The predicted molar refractivity (Wildman–Crippen MR) is 131 cm³/mol. The minimum Gasteiger partial charge on any atom is -0.497 e. The highest BCUT2D eigenvalue weighted by Crippen LogP contribution is 2.34. The standard InChI is InChI=1S/C24H30N4O4S/c1-24(2,3)27(4)21(29)14-28-19-11-6-7-12-20(19)33-15-18(22(28)30)26-23(31)25-16-9-8-10-17(13-16)32-5/h6-13,18H,14-15H2,1-5H3,(H2,25,26,31)/t18-/m0/s1. The molecule has 0 saturated heterocycles. The molecule has 1 aliphatic heterocycles. The fourth-order valence-corrected chi connectivity index (χ4v) is 4.33. The van der Waals surface area contributed by atoms with E-state index in [1.54, 1.807) is 43.3 Å². The molecule has 176 valence electrons. The van der Waals surface area contributed by atoms with Gasteiger partial charge in [-0.2, -0.15) is 0 Å². The van der Waals surface area contributed by atoms with Crippen LogP contribution in [-0.2, 0) is 9.59 Å². The van der Waals surface area contributed by atoms with Crippen LogP contribution in [0.15, 0.2) is 53.4 Å². The van der Waals surface area contributed by atoms with E-state index in [4.69, 9.17) is 4.74 Å². The Hall–Kier alpha value is -3.20. The summed E-state index contributed by atoms with van der Waals surface area (Å²) >= 11 is 1.47. The maximum atomic E-state index is 13.5. The lowest BCUT2D eigenvalue weighted by Crippen LogP contribution is -2.54. The molecule has 2 aromatic carbocycles. The smallest absolute Gasteiger partial charge is 0.319 e. The molecule has 0 bridgehead atoms. The number of hydrogen-bond acceptors (Lipinski definition) is 5. The minimum atomic E-state index is -0.805. The number of carbonyl (C=O) groups is 3. The number of carbonyl (C=O) groups excluding carboxylic acids is 3. The molecule has 0 aliphatic carbocycles. The first-order chi connectivity index (χ1) is 15.6. The summed E-state index contributed by atoms with van der Waals surface area (Å²) in [5, 5.41) is 5.50. The topological polar surface area (TPSA) is 91.0 Å². The highest BCUT2D eigenvalue weighted by Gasteiger charge is 2.34. The summed E-state index contributed by atoms with van der Waals surface area (Å²) in [6.07, 6.45) is 0. The van der Waals surface area contributed by atoms with Crippen LogP contribution in [0.1, 0.15) is 20.8 Å². The maximum absolute atomic E-state index is 13.5. The van der Waals surface area contributed by atoms with Gasteiger partial charge in [0.05, 0.1) is 12.8 Å². The molecule has 0 aromatic heterocycles. The number of ether oxygens (including phenoxy) is 1. The Morgan fingerprint density at radius 1 is 1.18 bits per heavy atom. The van der Waals surface area contributed by atoms with Crippen molar-refractivity contribution in [3.63, 3.8) is 0 Å². The molecule has 0 fully saturated rings. The summed E-state index contributed by atoms with van der Waals surface area (Å²) in [5.74, 6) is 0.444. The Labute approximate surface area is 198 Å². The molecule has 0 radical (unpaired) electrons. The summed E-state index contributed by atoms with van der Waals surface area (Å²) in [4.78, 5) is 43.1. The average Bonchev–Trinajstić information content (AvgIpc) is 2.90. The second-order valence-corrected chi connectivity index (χ2v) is 9.77. The fourth-order valence-electron chi connectivity index (χ4n) is 3.26. The second kappa shape index (κ2) is 10.2. The SMILES string of the molecule is COc1cccc(NC(=O)N[C@H]2CSc3ccccc3N(CC(=O)N(C)C(C)(C)C)C2=O)c1. The Balaban J connectivity index is 1.79. The van der Waals surface area contributed by atoms with Crippen LogP contribution in [0, 0.1) is 0 Å². The van der Waals surface area contributed by atoms with Crippen LogP contribution in [0.25, 0.3) is 0 Å². The zero-order valence-corrected chi connectivity index (χ0v) is 20.4. The molecule has 1 atom stereocenters. The zero-order valence-electron chi connectivity index (χ0n) is 19.5. The van der Waals surface area contributed by atoms with Gasteiger partial charge in [-0.1, -0.05) is 18.2 Å². The van der Waals surface area contributed by atoms with Gasteiger partial charge in [-0.15, -0.1) is 11.8 Å². The number of methoxy groups -OCH3 is 1. The number of benzene rings is 2. The number of hydrogen-bond donors (Lipinski definition) is 2. The number of nitrogens with zero attached hydrogens (tertiary/aromatic N) is 2. The van der Waals surface area contributed by atoms with Crippen molar-refractivity contribution in [1.29, 1.82) is 0 Å². The first-order valence-electron chi connectivity index (χ1n) is 10.6. The van der Waals surface area contributed by atoms with Crippen molar-refractivity contribution in [2.24, 2.45) is 0 Å². The van der Waals surface area contributed by atoms with Gasteiger partial charge >= 0.3 is 6.03 Å². The van der Waals surface area contributed by atoms with E-state index in [0.29, 0.717) is 22.9 Å². The number of anilines is 2. The van der Waals surface area contributed by atoms with Gasteiger partial charge in [0.15, 0.2) is 0 Å². The van der Waals surface area contributed by atoms with Gasteiger partial charge in [-0.05, 0) is 45.0 Å². The number of amides is 4. The number of fused-ring (bicyclic) bond motifs is 1. The van der Waals surface area contributed by atoms with E-state index >= 15 is 0 Å². The van der Waals surface area contributed by atoms with Crippen LogP contribution >= 0.6 is 11.8 Å². The van der Waals surface area contributed by atoms with Crippen molar-refractivity contribution in [3.8, 4) is 5.75 Å². The quantitative estimate of drug-likeness (QED) is 0.697. The predicted octanol–water partition coefficient (Wildman–Crippen LogP) is 3.58. The summed E-state index contributed by atoms with van der Waals surface area (Å²) in [6, 6.07) is 13.1. The molecule has 2 N–H and O–H groups in total. The van der Waals surface area contributed by atoms with Gasteiger partial charge in [-0.3, -0.25) is 9.59 Å². The molecule has 2 aromatic rings. The van der Waals surface area contributed by atoms with Gasteiger partial charge in [0.25, 0.3) is 5.91 Å². The third kappa shape index (κ3) is 5.98. The third-order valence-electron chi connectivity index (χ3n) is 5.43. The fraction of sp³-hybridized carbons (Fsp3) is 0.375. The third-order valence-corrected chi connectivity index (χ3v) is 6.59. The number of rotatable bonds is 5. The first-order valence-corrected chi connectivity index (χ1v) is 11.6. The van der Waals surface area contributed by atoms with Gasteiger partial charge in [0, 0.05) is 35.0 Å². The van der Waals surface area contributed by atoms with Crippen molar-refractivity contribution in [3.05, 3.63) is 48.5 Å². The monoisotopic (exact) mass is 470 g/mol. The average molecular weight is 471 g/mol. The Bertz CT molecular complexity index is 1040. The molecule has 33 heavy (non-hydrogen) atoms. The van der Waals surface area contributed by atoms with E-state index in [1.165, 1.54) is 16.7 Å². The molecule has 9 heteroatoms. The molecule has 0 spiro atoms. The Kier molecular flexibility index (Phi) is 7.53. The molecule has 0 saturated carbocycles. The van der Waals surface area contributed by atoms with Crippen LogP contribution in [0.3, 0.4) is 0 Å². The molecule has 1 heterocycles. The van der Waals surface area contributed by atoms with Gasteiger partial charge in [-0.25, -0.2) is 4.79 Å². The van der Waals surface area contributed by atoms with E-state index in [0.717, 1.165) is 4.90 Å². The number of likely N-dealkylation sites (N-methyl/N-ethyl adjacent to an activating group) is 1. The van der Waals surface area contributed by atoms with Crippen molar-refractivity contribution < 1.29 is 19.1 Å². The lowest BCUT2D eigenvalue weighted by molar-refractivity contribution is -0.134. The molecule has 1 aliphatic rings. The van der Waals surface area contributed by atoms with Gasteiger partial charge < -0.3 is 25.2 Å².